The second-order valence-corrected chi connectivity index (χ2v) is 7.20. The van der Waals surface area contributed by atoms with E-state index in [4.69, 9.17) is 0 Å². The number of benzene rings is 1. The van der Waals surface area contributed by atoms with E-state index in [2.05, 4.69) is 78.5 Å². The molecular weight excluding hydrogens is 318 g/mol. The Balaban J connectivity index is 2.34. The Morgan fingerprint density at radius 2 is 1.95 bits per heavy atom. The zero-order valence-corrected chi connectivity index (χ0v) is 14.0. The van der Waals surface area contributed by atoms with Crippen LogP contribution in [-0.2, 0) is 0 Å². The van der Waals surface area contributed by atoms with Gasteiger partial charge in [-0.1, -0.05) is 37.3 Å². The van der Waals surface area contributed by atoms with E-state index in [9.17, 15) is 0 Å². The molecule has 2 aromatic rings. The summed E-state index contributed by atoms with van der Waals surface area (Å²) in [5.41, 5.74) is 2.73. The van der Waals surface area contributed by atoms with Crippen molar-refractivity contribution in [1.82, 2.24) is 5.32 Å². The van der Waals surface area contributed by atoms with Crippen molar-refractivity contribution >= 4 is 27.3 Å². The molecule has 0 spiro atoms. The number of nitrogens with one attached hydrogen (secondary N) is 1. The lowest BCUT2D eigenvalue weighted by Gasteiger charge is -2.25. The maximum Gasteiger partial charge on any atom is 0.0731 e. The molecule has 0 radical (unpaired) electrons. The van der Waals surface area contributed by atoms with Crippen molar-refractivity contribution in [2.24, 2.45) is 0 Å². The van der Waals surface area contributed by atoms with Crippen LogP contribution in [0.1, 0.15) is 41.3 Å². The zero-order chi connectivity index (χ0) is 13.8. The normalized spacial score (nSPS) is 14.3. The summed E-state index contributed by atoms with van der Waals surface area (Å²) in [7, 11) is 2.05. The highest BCUT2D eigenvalue weighted by molar-refractivity contribution is 9.11. The summed E-state index contributed by atoms with van der Waals surface area (Å²) < 4.78 is 1.24. The average Bonchev–Trinajstić information content (AvgIpc) is 2.76. The van der Waals surface area contributed by atoms with E-state index in [0.29, 0.717) is 12.0 Å². The first-order valence-electron chi connectivity index (χ1n) is 6.65. The molecule has 0 fully saturated rings. The fraction of sp³-hybridized carbons (Fsp3) is 0.375. The Kier molecular flexibility index (Phi) is 5.20. The fourth-order valence-electron chi connectivity index (χ4n) is 2.54. The first kappa shape index (κ1) is 14.8. The van der Waals surface area contributed by atoms with Gasteiger partial charge in [0.25, 0.3) is 0 Å². The zero-order valence-electron chi connectivity index (χ0n) is 11.6. The van der Waals surface area contributed by atoms with Gasteiger partial charge in [-0.3, -0.25) is 0 Å². The third kappa shape index (κ3) is 3.28. The van der Waals surface area contributed by atoms with Crippen molar-refractivity contribution in [1.29, 1.82) is 0 Å². The van der Waals surface area contributed by atoms with E-state index >= 15 is 0 Å². The maximum atomic E-state index is 3.63. The van der Waals surface area contributed by atoms with E-state index in [0.717, 1.165) is 6.42 Å². The molecule has 0 aliphatic rings. The van der Waals surface area contributed by atoms with E-state index in [-0.39, 0.29) is 0 Å². The van der Waals surface area contributed by atoms with Crippen LogP contribution in [0.5, 0.6) is 0 Å². The van der Waals surface area contributed by atoms with Crippen LogP contribution in [-0.4, -0.2) is 7.05 Å². The van der Waals surface area contributed by atoms with Crippen molar-refractivity contribution in [3.8, 4) is 0 Å². The summed E-state index contributed by atoms with van der Waals surface area (Å²) in [5, 5.41) is 3.50. The van der Waals surface area contributed by atoms with Crippen LogP contribution in [0.25, 0.3) is 0 Å². The molecule has 19 heavy (non-hydrogen) atoms. The van der Waals surface area contributed by atoms with Crippen LogP contribution in [0.3, 0.4) is 0 Å². The van der Waals surface area contributed by atoms with Gasteiger partial charge in [0, 0.05) is 16.8 Å². The van der Waals surface area contributed by atoms with Crippen molar-refractivity contribution in [2.75, 3.05) is 7.05 Å². The molecule has 0 bridgehead atoms. The molecule has 0 amide bonds. The molecule has 1 aromatic carbocycles. The molecule has 2 rings (SSSR count). The third-order valence-electron chi connectivity index (χ3n) is 3.56. The van der Waals surface area contributed by atoms with Gasteiger partial charge in [-0.15, -0.1) is 11.3 Å². The fourth-order valence-corrected chi connectivity index (χ4v) is 4.29. The van der Waals surface area contributed by atoms with Crippen molar-refractivity contribution < 1.29 is 0 Å². The van der Waals surface area contributed by atoms with Crippen LogP contribution in [0.4, 0.5) is 0 Å². The molecular formula is C16H20BrNS. The van der Waals surface area contributed by atoms with Crippen LogP contribution in [0.15, 0.2) is 40.2 Å². The molecule has 1 heterocycles. The monoisotopic (exact) mass is 337 g/mol. The number of halogens is 1. The Bertz CT molecular complexity index is 501. The number of hydrogen-bond acceptors (Lipinski definition) is 2. The highest BCUT2D eigenvalue weighted by Gasteiger charge is 2.23. The van der Waals surface area contributed by atoms with Gasteiger partial charge >= 0.3 is 0 Å². The van der Waals surface area contributed by atoms with Crippen molar-refractivity contribution in [3.05, 3.63) is 56.2 Å². The molecule has 0 saturated heterocycles. The standard InChI is InChI=1S/C16H20BrNS/c1-4-13(12-8-6-5-7-9-12)15(18-3)14-10-11(2)16(17)19-14/h5-10,13,15,18H,4H2,1-3H3. The molecule has 0 aliphatic carbocycles. The van der Waals surface area contributed by atoms with Crippen LogP contribution in [0, 0.1) is 6.92 Å². The Hall–Kier alpha value is -0.640. The molecule has 0 saturated carbocycles. The lowest BCUT2D eigenvalue weighted by molar-refractivity contribution is 0.474. The van der Waals surface area contributed by atoms with Gasteiger partial charge < -0.3 is 5.32 Å². The molecule has 0 aliphatic heterocycles. The van der Waals surface area contributed by atoms with E-state index in [1.54, 1.807) is 0 Å². The Morgan fingerprint density at radius 3 is 2.42 bits per heavy atom. The predicted molar refractivity (Wildman–Crippen MR) is 88.0 cm³/mol. The van der Waals surface area contributed by atoms with Crippen LogP contribution >= 0.6 is 27.3 Å². The highest BCUT2D eigenvalue weighted by atomic mass is 79.9. The molecule has 3 heteroatoms. The van der Waals surface area contributed by atoms with Gasteiger partial charge in [0.2, 0.25) is 0 Å². The Morgan fingerprint density at radius 1 is 1.26 bits per heavy atom. The van der Waals surface area contributed by atoms with E-state index < -0.39 is 0 Å². The summed E-state index contributed by atoms with van der Waals surface area (Å²) in [6.45, 7) is 4.41. The number of hydrogen-bond donors (Lipinski definition) is 1. The Labute approximate surface area is 128 Å². The summed E-state index contributed by atoms with van der Waals surface area (Å²) in [6, 6.07) is 13.5. The number of thiophene rings is 1. The number of rotatable bonds is 5. The summed E-state index contributed by atoms with van der Waals surface area (Å²) >= 11 is 5.47. The quantitative estimate of drug-likeness (QED) is 0.783. The number of likely N-dealkylation sites (N-methyl/N-ethyl adjacent to an activating group) is 1. The molecule has 1 nitrogen and oxygen atoms in total. The van der Waals surface area contributed by atoms with E-state index in [1.807, 2.05) is 11.3 Å². The first-order chi connectivity index (χ1) is 9.17. The average molecular weight is 338 g/mol. The lowest BCUT2D eigenvalue weighted by atomic mass is 9.88. The molecule has 1 aromatic heterocycles. The molecule has 2 unspecified atom stereocenters. The molecule has 102 valence electrons. The highest BCUT2D eigenvalue weighted by Crippen LogP contribution is 2.39. The lowest BCUT2D eigenvalue weighted by Crippen LogP contribution is -2.22. The van der Waals surface area contributed by atoms with Gasteiger partial charge in [-0.05, 0) is 53.5 Å². The van der Waals surface area contributed by atoms with Gasteiger partial charge in [-0.2, -0.15) is 0 Å². The summed E-state index contributed by atoms with van der Waals surface area (Å²) in [6.07, 6.45) is 1.13. The van der Waals surface area contributed by atoms with Gasteiger partial charge in [-0.25, -0.2) is 0 Å². The van der Waals surface area contributed by atoms with Gasteiger partial charge in [0.1, 0.15) is 0 Å². The minimum Gasteiger partial charge on any atom is -0.312 e. The van der Waals surface area contributed by atoms with Gasteiger partial charge in [0.15, 0.2) is 0 Å². The van der Waals surface area contributed by atoms with Crippen LogP contribution in [0.2, 0.25) is 0 Å². The predicted octanol–water partition coefficient (Wildman–Crippen LogP) is 5.27. The minimum atomic E-state index is 0.377. The second-order valence-electron chi connectivity index (χ2n) is 4.80. The SMILES string of the molecule is CCC(c1ccccc1)C(NC)c1cc(C)c(Br)s1. The molecule has 1 N–H and O–H groups in total. The maximum absolute atomic E-state index is 3.63. The minimum absolute atomic E-state index is 0.377. The molecule has 2 atom stereocenters. The van der Waals surface area contributed by atoms with Crippen molar-refractivity contribution in [3.63, 3.8) is 0 Å². The van der Waals surface area contributed by atoms with Crippen LogP contribution < -0.4 is 5.32 Å². The second kappa shape index (κ2) is 6.69. The largest absolute Gasteiger partial charge is 0.312 e. The third-order valence-corrected chi connectivity index (χ3v) is 5.78. The van der Waals surface area contributed by atoms with Gasteiger partial charge in [0.05, 0.1) is 3.79 Å². The van der Waals surface area contributed by atoms with Crippen molar-refractivity contribution in [2.45, 2.75) is 32.2 Å². The van der Waals surface area contributed by atoms with E-state index in [1.165, 1.54) is 19.8 Å². The first-order valence-corrected chi connectivity index (χ1v) is 8.26. The smallest absolute Gasteiger partial charge is 0.0731 e. The number of aryl methyl sites for hydroxylation is 1. The summed E-state index contributed by atoms with van der Waals surface area (Å²) in [5.74, 6) is 0.510. The topological polar surface area (TPSA) is 12.0 Å². The summed E-state index contributed by atoms with van der Waals surface area (Å²) in [4.78, 5) is 1.41.